The van der Waals surface area contributed by atoms with E-state index in [-0.39, 0.29) is 0 Å². The number of hydrogen-bond donors (Lipinski definition) is 0. The van der Waals surface area contributed by atoms with Crippen molar-refractivity contribution in [2.45, 2.75) is 92.4 Å². The van der Waals surface area contributed by atoms with Gasteiger partial charge in [-0.1, -0.05) is 58.8 Å². The molecular formula is C18H34O4. The van der Waals surface area contributed by atoms with E-state index < -0.39 is 17.4 Å². The second-order valence-electron chi connectivity index (χ2n) is 7.48. The number of carbonyl (C=O) groups excluding carboxylic acids is 2. The van der Waals surface area contributed by atoms with Crippen LogP contribution in [0.5, 0.6) is 0 Å². The predicted octanol–water partition coefficient (Wildman–Crippen LogP) is 5.20. The summed E-state index contributed by atoms with van der Waals surface area (Å²) in [5, 5.41) is 0. The summed E-state index contributed by atoms with van der Waals surface area (Å²) in [5.74, 6) is -0.185. The van der Waals surface area contributed by atoms with E-state index in [0.717, 1.165) is 25.2 Å². The molecule has 0 aromatic carbocycles. The molecule has 0 spiro atoms. The Labute approximate surface area is 135 Å². The highest BCUT2D eigenvalue weighted by molar-refractivity contribution is 5.76. The van der Waals surface area contributed by atoms with E-state index in [1.165, 1.54) is 32.1 Å². The van der Waals surface area contributed by atoms with Crippen LogP contribution in [0.1, 0.15) is 92.4 Å². The summed E-state index contributed by atoms with van der Waals surface area (Å²) in [6, 6.07) is 0. The minimum Gasteiger partial charge on any atom is -0.247 e. The molecule has 0 fully saturated rings. The minimum atomic E-state index is -0.657. The van der Waals surface area contributed by atoms with Gasteiger partial charge in [-0.25, -0.2) is 19.4 Å². The molecule has 0 unspecified atom stereocenters. The Morgan fingerprint density at radius 3 is 1.82 bits per heavy atom. The van der Waals surface area contributed by atoms with Crippen LogP contribution < -0.4 is 0 Å². The van der Waals surface area contributed by atoms with Gasteiger partial charge in [-0.2, -0.15) is 0 Å². The second-order valence-corrected chi connectivity index (χ2v) is 7.48. The van der Waals surface area contributed by atoms with Crippen LogP contribution in [-0.2, 0) is 19.4 Å². The van der Waals surface area contributed by atoms with Gasteiger partial charge in [0.1, 0.15) is 0 Å². The van der Waals surface area contributed by atoms with Crippen LogP contribution in [0.25, 0.3) is 0 Å². The lowest BCUT2D eigenvalue weighted by atomic mass is 9.98. The third-order valence-electron chi connectivity index (χ3n) is 3.49. The average molecular weight is 314 g/mol. The van der Waals surface area contributed by atoms with Crippen LogP contribution in [0.15, 0.2) is 0 Å². The SMILES string of the molecule is CC(C)CCCCCCCCCC(=O)OOC(=O)C(C)(C)C. The van der Waals surface area contributed by atoms with Gasteiger partial charge in [0.2, 0.25) is 0 Å². The van der Waals surface area contributed by atoms with Crippen LogP contribution in [0, 0.1) is 11.3 Å². The Morgan fingerprint density at radius 2 is 1.32 bits per heavy atom. The van der Waals surface area contributed by atoms with E-state index in [2.05, 4.69) is 23.6 Å². The summed E-state index contributed by atoms with van der Waals surface area (Å²) < 4.78 is 0. The molecule has 22 heavy (non-hydrogen) atoms. The Morgan fingerprint density at radius 1 is 0.818 bits per heavy atom. The van der Waals surface area contributed by atoms with Gasteiger partial charge in [0.15, 0.2) is 0 Å². The van der Waals surface area contributed by atoms with Gasteiger partial charge in [0, 0.05) is 0 Å². The first-order valence-corrected chi connectivity index (χ1v) is 8.65. The molecule has 0 bridgehead atoms. The molecular weight excluding hydrogens is 280 g/mol. The highest BCUT2D eigenvalue weighted by Crippen LogP contribution is 2.16. The van der Waals surface area contributed by atoms with Gasteiger partial charge < -0.3 is 0 Å². The van der Waals surface area contributed by atoms with Gasteiger partial charge in [0.05, 0.1) is 11.8 Å². The quantitative estimate of drug-likeness (QED) is 0.316. The van der Waals surface area contributed by atoms with Crippen molar-refractivity contribution in [1.29, 1.82) is 0 Å². The summed E-state index contributed by atoms with van der Waals surface area (Å²) in [5.41, 5.74) is -0.657. The summed E-state index contributed by atoms with van der Waals surface area (Å²) in [6.45, 7) is 9.66. The van der Waals surface area contributed by atoms with Crippen molar-refractivity contribution < 1.29 is 19.4 Å². The molecule has 130 valence electrons. The van der Waals surface area contributed by atoms with Crippen molar-refractivity contribution in [2.75, 3.05) is 0 Å². The monoisotopic (exact) mass is 314 g/mol. The Bertz CT molecular complexity index is 316. The van der Waals surface area contributed by atoms with E-state index >= 15 is 0 Å². The fraction of sp³-hybridized carbons (Fsp3) is 0.889. The van der Waals surface area contributed by atoms with Gasteiger partial charge in [-0.15, -0.1) is 0 Å². The fourth-order valence-corrected chi connectivity index (χ4v) is 1.96. The third-order valence-corrected chi connectivity index (χ3v) is 3.49. The van der Waals surface area contributed by atoms with Crippen LogP contribution in [0.4, 0.5) is 0 Å². The molecule has 0 N–H and O–H groups in total. The summed E-state index contributed by atoms with van der Waals surface area (Å²) in [7, 11) is 0. The van der Waals surface area contributed by atoms with E-state index in [0.29, 0.717) is 6.42 Å². The molecule has 0 saturated carbocycles. The third kappa shape index (κ3) is 12.7. The maximum absolute atomic E-state index is 11.4. The predicted molar refractivity (Wildman–Crippen MR) is 88.0 cm³/mol. The lowest BCUT2D eigenvalue weighted by molar-refractivity contribution is -0.265. The van der Waals surface area contributed by atoms with Gasteiger partial charge in [-0.3, -0.25) is 0 Å². The highest BCUT2D eigenvalue weighted by Gasteiger charge is 2.25. The van der Waals surface area contributed by atoms with E-state index in [9.17, 15) is 9.59 Å². The zero-order valence-electron chi connectivity index (χ0n) is 15.1. The first kappa shape index (κ1) is 20.9. The maximum Gasteiger partial charge on any atom is 0.360 e. The van der Waals surface area contributed by atoms with Crippen molar-refractivity contribution in [3.05, 3.63) is 0 Å². The van der Waals surface area contributed by atoms with Crippen molar-refractivity contribution in [3.8, 4) is 0 Å². The lowest BCUT2D eigenvalue weighted by Crippen LogP contribution is -2.24. The number of carbonyl (C=O) groups is 2. The normalized spacial score (nSPS) is 11.5. The minimum absolute atomic E-state index is 0.310. The molecule has 0 rings (SSSR count). The van der Waals surface area contributed by atoms with Crippen molar-refractivity contribution in [1.82, 2.24) is 0 Å². The van der Waals surface area contributed by atoms with Gasteiger partial charge >= 0.3 is 11.9 Å². The zero-order chi connectivity index (χ0) is 17.0. The van der Waals surface area contributed by atoms with Crippen LogP contribution >= 0.6 is 0 Å². The molecule has 4 nitrogen and oxygen atoms in total. The average Bonchev–Trinajstić information content (AvgIpc) is 2.41. The molecule has 0 aliphatic heterocycles. The molecule has 0 aliphatic rings. The number of unbranched alkanes of at least 4 members (excludes halogenated alkanes) is 6. The summed E-state index contributed by atoms with van der Waals surface area (Å²) in [6.07, 6.45) is 9.73. The molecule has 0 heterocycles. The number of rotatable bonds is 10. The standard InChI is InChI=1S/C18H34O4/c1-15(2)13-11-9-7-6-8-10-12-14-16(19)21-22-17(20)18(3,4)5/h15H,6-14H2,1-5H3. The Balaban J connectivity index is 3.41. The molecule has 0 aliphatic carbocycles. The fourth-order valence-electron chi connectivity index (χ4n) is 1.96. The Hall–Kier alpha value is -1.06. The molecule has 0 atom stereocenters. The van der Waals surface area contributed by atoms with E-state index in [1.54, 1.807) is 20.8 Å². The summed E-state index contributed by atoms with van der Waals surface area (Å²) >= 11 is 0. The molecule has 0 amide bonds. The molecule has 0 aromatic heterocycles. The number of hydrogen-bond acceptors (Lipinski definition) is 4. The summed E-state index contributed by atoms with van der Waals surface area (Å²) in [4.78, 5) is 31.9. The topological polar surface area (TPSA) is 52.6 Å². The second kappa shape index (κ2) is 11.5. The molecule has 0 radical (unpaired) electrons. The maximum atomic E-state index is 11.4. The van der Waals surface area contributed by atoms with E-state index in [4.69, 9.17) is 0 Å². The van der Waals surface area contributed by atoms with Crippen LogP contribution in [0.3, 0.4) is 0 Å². The zero-order valence-corrected chi connectivity index (χ0v) is 15.1. The Kier molecular flexibility index (Phi) is 10.9. The van der Waals surface area contributed by atoms with Gasteiger partial charge in [0.25, 0.3) is 0 Å². The highest BCUT2D eigenvalue weighted by atomic mass is 17.2. The van der Waals surface area contributed by atoms with Crippen molar-refractivity contribution in [3.63, 3.8) is 0 Å². The molecule has 0 saturated heterocycles. The lowest BCUT2D eigenvalue weighted by Gasteiger charge is -2.14. The van der Waals surface area contributed by atoms with E-state index in [1.807, 2.05) is 0 Å². The van der Waals surface area contributed by atoms with Gasteiger partial charge in [-0.05, 0) is 33.1 Å². The first-order chi connectivity index (χ1) is 10.2. The van der Waals surface area contributed by atoms with Crippen molar-refractivity contribution in [2.24, 2.45) is 11.3 Å². The van der Waals surface area contributed by atoms with Crippen LogP contribution in [-0.4, -0.2) is 11.9 Å². The largest absolute Gasteiger partial charge is 0.360 e. The van der Waals surface area contributed by atoms with Crippen molar-refractivity contribution >= 4 is 11.9 Å². The smallest absolute Gasteiger partial charge is 0.247 e. The molecule has 4 heteroatoms. The first-order valence-electron chi connectivity index (χ1n) is 8.65. The molecule has 0 aromatic rings. The van der Waals surface area contributed by atoms with Crippen LogP contribution in [0.2, 0.25) is 0 Å².